The molecule has 7 heteroatoms. The summed E-state index contributed by atoms with van der Waals surface area (Å²) in [4.78, 5) is 21.1. The van der Waals surface area contributed by atoms with E-state index in [1.54, 1.807) is 20.2 Å². The molecule has 6 nitrogen and oxygen atoms in total. The number of nitrogens with one attached hydrogen (secondary N) is 2. The van der Waals surface area contributed by atoms with Gasteiger partial charge in [0, 0.05) is 7.05 Å². The van der Waals surface area contributed by atoms with Crippen molar-refractivity contribution in [3.8, 4) is 0 Å². The van der Waals surface area contributed by atoms with Crippen LogP contribution in [0.5, 0.6) is 0 Å². The van der Waals surface area contributed by atoms with Crippen molar-refractivity contribution in [1.82, 2.24) is 20.2 Å². The number of aromatic nitrogens is 2. The van der Waals surface area contributed by atoms with Crippen LogP contribution in [-0.4, -0.2) is 33.8 Å². The summed E-state index contributed by atoms with van der Waals surface area (Å²) in [5.41, 5.74) is -0.185. The quantitative estimate of drug-likeness (QED) is 0.773. The number of guanidine groups is 1. The van der Waals surface area contributed by atoms with Crippen LogP contribution in [0.15, 0.2) is 12.4 Å². The number of hydrogen-bond donors (Lipinski definition) is 2. The van der Waals surface area contributed by atoms with Crippen molar-refractivity contribution in [3.05, 3.63) is 23.2 Å². The van der Waals surface area contributed by atoms with Crippen LogP contribution in [-0.2, 0) is 10.3 Å². The van der Waals surface area contributed by atoms with Gasteiger partial charge in [-0.05, 0) is 6.92 Å². The number of halogens is 1. The van der Waals surface area contributed by atoms with Crippen molar-refractivity contribution in [3.63, 3.8) is 0 Å². The van der Waals surface area contributed by atoms with Gasteiger partial charge in [0.15, 0.2) is 5.96 Å². The topological polar surface area (TPSA) is 82.0 Å². The van der Waals surface area contributed by atoms with Crippen LogP contribution in [0, 0.1) is 5.41 Å². The van der Waals surface area contributed by atoms with Crippen LogP contribution in [0.2, 0.25) is 5.15 Å². The Hall–Kier alpha value is -1.69. The van der Waals surface area contributed by atoms with Gasteiger partial charge in [-0.2, -0.15) is 0 Å². The van der Waals surface area contributed by atoms with Gasteiger partial charge < -0.3 is 5.32 Å². The van der Waals surface area contributed by atoms with Crippen LogP contribution < -0.4 is 5.32 Å². The predicted octanol–water partition coefficient (Wildman–Crippen LogP) is 0.732. The Bertz CT molecular complexity index is 471. The van der Waals surface area contributed by atoms with Gasteiger partial charge in [-0.25, -0.2) is 4.98 Å². The first-order valence-electron chi connectivity index (χ1n) is 5.04. The molecule has 90 valence electrons. The third-order valence-corrected chi connectivity index (χ3v) is 2.96. The summed E-state index contributed by atoms with van der Waals surface area (Å²) in [6.07, 6.45) is 3.18. The van der Waals surface area contributed by atoms with E-state index in [0.717, 1.165) is 0 Å². The molecule has 2 heterocycles. The van der Waals surface area contributed by atoms with Gasteiger partial charge in [0.1, 0.15) is 5.15 Å². The van der Waals surface area contributed by atoms with E-state index in [1.807, 2.05) is 0 Å². The highest BCUT2D eigenvalue weighted by Crippen LogP contribution is 2.27. The standard InChI is InChI=1S/C10H12ClN5O/c1-10(6-4-13-5-7(11)14-6)3-8(17)16(2)9(12)15-10/h4-5H,3H2,1-2H3,(H2,12,15)/t10-/m0/s1. The minimum Gasteiger partial charge on any atom is -0.345 e. The molecule has 1 saturated heterocycles. The molecule has 0 bridgehead atoms. The van der Waals surface area contributed by atoms with E-state index < -0.39 is 5.54 Å². The normalized spacial score (nSPS) is 24.8. The Balaban J connectivity index is 2.37. The Morgan fingerprint density at radius 2 is 2.29 bits per heavy atom. The van der Waals surface area contributed by atoms with E-state index in [0.29, 0.717) is 5.69 Å². The molecular weight excluding hydrogens is 242 g/mol. The first-order valence-corrected chi connectivity index (χ1v) is 5.41. The van der Waals surface area contributed by atoms with Crippen LogP contribution in [0.25, 0.3) is 0 Å². The molecule has 2 rings (SSSR count). The van der Waals surface area contributed by atoms with Gasteiger partial charge in [0.25, 0.3) is 0 Å². The number of hydrogen-bond acceptors (Lipinski definition) is 4. The SMILES string of the molecule is CN1C(=N)N[C@](C)(c2cncc(Cl)n2)CC1=O. The zero-order chi connectivity index (χ0) is 12.6. The second kappa shape index (κ2) is 3.96. The molecule has 0 radical (unpaired) electrons. The number of amides is 1. The molecule has 0 aliphatic carbocycles. The molecule has 0 aromatic carbocycles. The summed E-state index contributed by atoms with van der Waals surface area (Å²) in [7, 11) is 1.56. The van der Waals surface area contributed by atoms with Gasteiger partial charge in [-0.1, -0.05) is 11.6 Å². The largest absolute Gasteiger partial charge is 0.345 e. The lowest BCUT2D eigenvalue weighted by Crippen LogP contribution is -2.58. The molecule has 1 atom stereocenters. The van der Waals surface area contributed by atoms with Crippen molar-refractivity contribution in [2.45, 2.75) is 18.9 Å². The van der Waals surface area contributed by atoms with Crippen molar-refractivity contribution in [2.24, 2.45) is 0 Å². The van der Waals surface area contributed by atoms with Crippen LogP contribution >= 0.6 is 11.6 Å². The maximum atomic E-state index is 11.7. The minimum absolute atomic E-state index is 0.0468. The highest BCUT2D eigenvalue weighted by Gasteiger charge is 2.39. The molecular formula is C10H12ClN5O. The molecule has 1 aliphatic heterocycles. The van der Waals surface area contributed by atoms with Crippen molar-refractivity contribution in [2.75, 3.05) is 7.05 Å². The van der Waals surface area contributed by atoms with E-state index in [1.165, 1.54) is 11.1 Å². The van der Waals surface area contributed by atoms with Crippen LogP contribution in [0.4, 0.5) is 0 Å². The minimum atomic E-state index is -0.738. The Kier molecular flexibility index (Phi) is 2.74. The Morgan fingerprint density at radius 3 is 2.88 bits per heavy atom. The van der Waals surface area contributed by atoms with Gasteiger partial charge >= 0.3 is 0 Å². The second-order valence-electron chi connectivity index (χ2n) is 4.16. The van der Waals surface area contributed by atoms with Crippen LogP contribution in [0.3, 0.4) is 0 Å². The van der Waals surface area contributed by atoms with Crippen molar-refractivity contribution >= 4 is 23.5 Å². The predicted molar refractivity (Wildman–Crippen MR) is 62.6 cm³/mol. The molecule has 1 aromatic heterocycles. The number of carbonyl (C=O) groups excluding carboxylic acids is 1. The third-order valence-electron chi connectivity index (χ3n) is 2.78. The number of rotatable bonds is 1. The Morgan fingerprint density at radius 1 is 1.59 bits per heavy atom. The summed E-state index contributed by atoms with van der Waals surface area (Å²) in [5, 5.41) is 10.9. The van der Waals surface area contributed by atoms with E-state index in [4.69, 9.17) is 17.0 Å². The fourth-order valence-electron chi connectivity index (χ4n) is 1.70. The molecule has 0 saturated carbocycles. The summed E-state index contributed by atoms with van der Waals surface area (Å²) in [6.45, 7) is 1.80. The molecule has 0 unspecified atom stereocenters. The lowest BCUT2D eigenvalue weighted by molar-refractivity contribution is -0.129. The van der Waals surface area contributed by atoms with Gasteiger partial charge in [-0.15, -0.1) is 0 Å². The van der Waals surface area contributed by atoms with Gasteiger partial charge in [0.2, 0.25) is 5.91 Å². The zero-order valence-electron chi connectivity index (χ0n) is 9.49. The zero-order valence-corrected chi connectivity index (χ0v) is 10.2. The molecule has 2 N–H and O–H groups in total. The van der Waals surface area contributed by atoms with Gasteiger partial charge in [0.05, 0.1) is 30.0 Å². The maximum Gasteiger partial charge on any atom is 0.231 e. The molecule has 1 fully saturated rings. The summed E-state index contributed by atoms with van der Waals surface area (Å²) >= 11 is 5.78. The van der Waals surface area contributed by atoms with E-state index in [-0.39, 0.29) is 23.4 Å². The highest BCUT2D eigenvalue weighted by molar-refractivity contribution is 6.29. The first kappa shape index (κ1) is 11.8. The lowest BCUT2D eigenvalue weighted by Gasteiger charge is -2.38. The molecule has 0 spiro atoms. The average molecular weight is 254 g/mol. The monoisotopic (exact) mass is 253 g/mol. The van der Waals surface area contributed by atoms with Crippen LogP contribution in [0.1, 0.15) is 19.0 Å². The summed E-state index contributed by atoms with van der Waals surface area (Å²) < 4.78 is 0. The highest BCUT2D eigenvalue weighted by atomic mass is 35.5. The maximum absolute atomic E-state index is 11.7. The summed E-state index contributed by atoms with van der Waals surface area (Å²) in [5.74, 6) is -0.0939. The molecule has 1 aromatic rings. The molecule has 1 aliphatic rings. The van der Waals surface area contributed by atoms with E-state index >= 15 is 0 Å². The average Bonchev–Trinajstić information content (AvgIpc) is 2.26. The number of nitrogens with zero attached hydrogens (tertiary/aromatic N) is 3. The van der Waals surface area contributed by atoms with E-state index in [2.05, 4.69) is 15.3 Å². The third kappa shape index (κ3) is 2.08. The smallest absolute Gasteiger partial charge is 0.231 e. The number of carbonyl (C=O) groups is 1. The second-order valence-corrected chi connectivity index (χ2v) is 4.55. The lowest BCUT2D eigenvalue weighted by atomic mass is 9.91. The molecule has 17 heavy (non-hydrogen) atoms. The fraction of sp³-hybridized carbons (Fsp3) is 0.400. The molecule has 1 amide bonds. The summed E-state index contributed by atoms with van der Waals surface area (Å²) in [6, 6.07) is 0. The Labute approximate surface area is 104 Å². The fourth-order valence-corrected chi connectivity index (χ4v) is 1.85. The van der Waals surface area contributed by atoms with E-state index in [9.17, 15) is 4.79 Å². The first-order chi connectivity index (χ1) is 7.92. The van der Waals surface area contributed by atoms with Gasteiger partial charge in [-0.3, -0.25) is 20.1 Å². The van der Waals surface area contributed by atoms with Crippen molar-refractivity contribution in [1.29, 1.82) is 5.41 Å². The van der Waals surface area contributed by atoms with Crippen molar-refractivity contribution < 1.29 is 4.79 Å².